The van der Waals surface area contributed by atoms with Gasteiger partial charge in [-0.15, -0.1) is 0 Å². The molecular formula is C17H23N3O. The lowest BCUT2D eigenvalue weighted by atomic mass is 10.1. The second-order valence-corrected chi connectivity index (χ2v) is 6.00. The molecule has 0 aliphatic carbocycles. The van der Waals surface area contributed by atoms with Crippen LogP contribution in [0.15, 0.2) is 24.3 Å². The smallest absolute Gasteiger partial charge is 0.255 e. The molecule has 4 nitrogen and oxygen atoms in total. The van der Waals surface area contributed by atoms with Gasteiger partial charge in [-0.2, -0.15) is 5.26 Å². The van der Waals surface area contributed by atoms with Crippen molar-refractivity contribution >= 4 is 5.91 Å². The van der Waals surface area contributed by atoms with Crippen molar-refractivity contribution in [3.05, 3.63) is 35.4 Å². The van der Waals surface area contributed by atoms with E-state index in [4.69, 9.17) is 5.26 Å². The summed E-state index contributed by atoms with van der Waals surface area (Å²) in [6.45, 7) is 8.99. The average Bonchev–Trinajstić information content (AvgIpc) is 2.71. The Hall–Kier alpha value is -1.86. The number of benzene rings is 1. The van der Waals surface area contributed by atoms with Crippen molar-refractivity contribution in [1.29, 1.82) is 5.26 Å². The van der Waals surface area contributed by atoms with Gasteiger partial charge in [0.05, 0.1) is 17.2 Å². The summed E-state index contributed by atoms with van der Waals surface area (Å²) in [4.78, 5) is 16.9. The fraction of sp³-hybridized carbons (Fsp3) is 0.529. The second kappa shape index (κ2) is 7.24. The molecule has 0 unspecified atom stereocenters. The van der Waals surface area contributed by atoms with E-state index in [2.05, 4.69) is 24.8 Å². The minimum Gasteiger partial charge on any atom is -0.337 e. The van der Waals surface area contributed by atoms with E-state index in [0.717, 1.165) is 39.1 Å². The molecule has 1 amide bonds. The lowest BCUT2D eigenvalue weighted by molar-refractivity contribution is 0.0760. The molecule has 0 bridgehead atoms. The lowest BCUT2D eigenvalue weighted by Gasteiger charge is -2.23. The molecule has 1 aliphatic rings. The molecule has 1 saturated heterocycles. The van der Waals surface area contributed by atoms with Gasteiger partial charge >= 0.3 is 0 Å². The van der Waals surface area contributed by atoms with Crippen LogP contribution in [-0.4, -0.2) is 48.4 Å². The molecule has 0 saturated carbocycles. The van der Waals surface area contributed by atoms with Crippen LogP contribution < -0.4 is 0 Å². The van der Waals surface area contributed by atoms with E-state index < -0.39 is 0 Å². The van der Waals surface area contributed by atoms with E-state index in [1.54, 1.807) is 18.2 Å². The summed E-state index contributed by atoms with van der Waals surface area (Å²) in [5.74, 6) is 0.630. The van der Waals surface area contributed by atoms with Gasteiger partial charge in [-0.25, -0.2) is 0 Å². The molecule has 1 fully saturated rings. The van der Waals surface area contributed by atoms with Gasteiger partial charge in [-0.05, 0) is 31.0 Å². The van der Waals surface area contributed by atoms with Crippen LogP contribution in [0.3, 0.4) is 0 Å². The molecule has 112 valence electrons. The summed E-state index contributed by atoms with van der Waals surface area (Å²) in [6.07, 6.45) is 0.993. The van der Waals surface area contributed by atoms with Crippen molar-refractivity contribution in [2.75, 3.05) is 32.7 Å². The summed E-state index contributed by atoms with van der Waals surface area (Å²) in [7, 11) is 0. The summed E-state index contributed by atoms with van der Waals surface area (Å²) in [6, 6.07) is 9.17. The number of hydrogen-bond donors (Lipinski definition) is 0. The average molecular weight is 285 g/mol. The molecule has 0 N–H and O–H groups in total. The third-order valence-electron chi connectivity index (χ3n) is 3.78. The van der Waals surface area contributed by atoms with E-state index >= 15 is 0 Å². The quantitative estimate of drug-likeness (QED) is 0.856. The van der Waals surface area contributed by atoms with E-state index in [0.29, 0.717) is 17.0 Å². The Bertz CT molecular complexity index is 533. The van der Waals surface area contributed by atoms with E-state index in [-0.39, 0.29) is 5.91 Å². The van der Waals surface area contributed by atoms with Crippen molar-refractivity contribution in [2.24, 2.45) is 5.92 Å². The third kappa shape index (κ3) is 4.05. The normalized spacial score (nSPS) is 16.6. The van der Waals surface area contributed by atoms with E-state index in [1.807, 2.05) is 11.0 Å². The first kappa shape index (κ1) is 15.5. The minimum atomic E-state index is -0.0152. The minimum absolute atomic E-state index is 0.0152. The first-order chi connectivity index (χ1) is 10.1. The Kier molecular flexibility index (Phi) is 5.35. The third-order valence-corrected chi connectivity index (χ3v) is 3.78. The van der Waals surface area contributed by atoms with Crippen LogP contribution in [0.5, 0.6) is 0 Å². The van der Waals surface area contributed by atoms with Crippen molar-refractivity contribution in [3.8, 4) is 6.07 Å². The molecule has 1 aromatic rings. The fourth-order valence-electron chi connectivity index (χ4n) is 2.81. The predicted molar refractivity (Wildman–Crippen MR) is 83.0 cm³/mol. The Morgan fingerprint density at radius 3 is 2.71 bits per heavy atom. The van der Waals surface area contributed by atoms with Crippen LogP contribution in [0.4, 0.5) is 0 Å². The molecule has 1 aromatic carbocycles. The number of carbonyl (C=O) groups excluding carboxylic acids is 1. The van der Waals surface area contributed by atoms with Gasteiger partial charge in [0.1, 0.15) is 0 Å². The van der Waals surface area contributed by atoms with E-state index in [1.165, 1.54) is 0 Å². The second-order valence-electron chi connectivity index (χ2n) is 6.00. The maximum absolute atomic E-state index is 12.6. The molecule has 1 aliphatic heterocycles. The van der Waals surface area contributed by atoms with Gasteiger partial charge in [0.2, 0.25) is 0 Å². The lowest BCUT2D eigenvalue weighted by Crippen LogP contribution is -2.36. The Morgan fingerprint density at radius 1 is 1.24 bits per heavy atom. The highest BCUT2D eigenvalue weighted by atomic mass is 16.2. The monoisotopic (exact) mass is 285 g/mol. The Labute approximate surface area is 127 Å². The van der Waals surface area contributed by atoms with Crippen LogP contribution in [0.1, 0.15) is 36.2 Å². The Morgan fingerprint density at radius 2 is 2.00 bits per heavy atom. The van der Waals surface area contributed by atoms with Gasteiger partial charge in [-0.3, -0.25) is 4.79 Å². The molecule has 1 heterocycles. The van der Waals surface area contributed by atoms with Crippen molar-refractivity contribution in [1.82, 2.24) is 9.80 Å². The summed E-state index contributed by atoms with van der Waals surface area (Å²) in [5.41, 5.74) is 0.989. The number of carbonyl (C=O) groups is 1. The highest BCUT2D eigenvalue weighted by Crippen LogP contribution is 2.13. The number of hydrogen-bond acceptors (Lipinski definition) is 3. The number of nitrogens with zero attached hydrogens (tertiary/aromatic N) is 3. The van der Waals surface area contributed by atoms with Crippen LogP contribution >= 0.6 is 0 Å². The first-order valence-corrected chi connectivity index (χ1v) is 7.62. The maximum Gasteiger partial charge on any atom is 0.255 e. The number of amides is 1. The molecular weight excluding hydrogens is 262 g/mol. The summed E-state index contributed by atoms with van der Waals surface area (Å²) >= 11 is 0. The SMILES string of the molecule is CC(C)CN1CCCN(C(=O)c2ccccc2C#N)CC1. The highest BCUT2D eigenvalue weighted by molar-refractivity contribution is 5.96. The molecule has 0 atom stereocenters. The van der Waals surface area contributed by atoms with Crippen LogP contribution in [0, 0.1) is 17.2 Å². The van der Waals surface area contributed by atoms with Crippen molar-refractivity contribution < 1.29 is 4.79 Å². The van der Waals surface area contributed by atoms with Crippen LogP contribution in [-0.2, 0) is 0 Å². The highest BCUT2D eigenvalue weighted by Gasteiger charge is 2.22. The zero-order valence-corrected chi connectivity index (χ0v) is 12.9. The maximum atomic E-state index is 12.6. The molecule has 0 radical (unpaired) electrons. The van der Waals surface area contributed by atoms with Gasteiger partial charge in [0, 0.05) is 26.2 Å². The van der Waals surface area contributed by atoms with Gasteiger partial charge < -0.3 is 9.80 Å². The van der Waals surface area contributed by atoms with Gasteiger partial charge in [-0.1, -0.05) is 26.0 Å². The predicted octanol–water partition coefficient (Wildman–Crippen LogP) is 2.36. The molecule has 21 heavy (non-hydrogen) atoms. The summed E-state index contributed by atoms with van der Waals surface area (Å²) < 4.78 is 0. The van der Waals surface area contributed by atoms with Crippen LogP contribution in [0.25, 0.3) is 0 Å². The molecule has 0 aromatic heterocycles. The fourth-order valence-corrected chi connectivity index (χ4v) is 2.81. The molecule has 4 heteroatoms. The van der Waals surface area contributed by atoms with Crippen molar-refractivity contribution in [2.45, 2.75) is 20.3 Å². The number of nitriles is 1. The largest absolute Gasteiger partial charge is 0.337 e. The van der Waals surface area contributed by atoms with Gasteiger partial charge in [0.25, 0.3) is 5.91 Å². The summed E-state index contributed by atoms with van der Waals surface area (Å²) in [5, 5.41) is 9.13. The number of rotatable bonds is 3. The standard InChI is InChI=1S/C17H23N3O/c1-14(2)13-19-8-5-9-20(11-10-19)17(21)16-7-4-3-6-15(16)12-18/h3-4,6-7,14H,5,8-11,13H2,1-2H3. The topological polar surface area (TPSA) is 47.3 Å². The van der Waals surface area contributed by atoms with Gasteiger partial charge in [0.15, 0.2) is 0 Å². The Balaban J connectivity index is 2.05. The first-order valence-electron chi connectivity index (χ1n) is 7.62. The van der Waals surface area contributed by atoms with Crippen molar-refractivity contribution in [3.63, 3.8) is 0 Å². The molecule has 2 rings (SSSR count). The van der Waals surface area contributed by atoms with E-state index in [9.17, 15) is 4.79 Å². The zero-order valence-electron chi connectivity index (χ0n) is 12.9. The zero-order chi connectivity index (χ0) is 15.2. The van der Waals surface area contributed by atoms with Crippen LogP contribution in [0.2, 0.25) is 0 Å². The molecule has 0 spiro atoms.